The van der Waals surface area contributed by atoms with Gasteiger partial charge in [0.2, 0.25) is 0 Å². The normalized spacial score (nSPS) is 11.4. The van der Waals surface area contributed by atoms with Crippen LogP contribution in [-0.2, 0) is 13.1 Å². The summed E-state index contributed by atoms with van der Waals surface area (Å²) < 4.78 is 0. The van der Waals surface area contributed by atoms with E-state index in [2.05, 4.69) is 65.3 Å². The molecule has 0 spiro atoms. The molecule has 0 saturated heterocycles. The van der Waals surface area contributed by atoms with Gasteiger partial charge in [0.05, 0.1) is 6.54 Å². The summed E-state index contributed by atoms with van der Waals surface area (Å²) in [6.45, 7) is 4.55. The fourth-order valence-electron chi connectivity index (χ4n) is 1.95. The average molecular weight is 287 g/mol. The molecule has 1 heterocycles. The van der Waals surface area contributed by atoms with E-state index in [-0.39, 0.29) is 0 Å². The molecule has 4 heteroatoms. The smallest absolute Gasteiger partial charge is 0.194 e. The molecule has 3 nitrogen and oxygen atoms in total. The van der Waals surface area contributed by atoms with Crippen molar-refractivity contribution in [2.24, 2.45) is 4.99 Å². The molecule has 2 rings (SSSR count). The van der Waals surface area contributed by atoms with Crippen molar-refractivity contribution in [3.8, 4) is 0 Å². The minimum atomic E-state index is 0.727. The summed E-state index contributed by atoms with van der Waals surface area (Å²) in [6.07, 6.45) is 0. The minimum Gasteiger partial charge on any atom is -0.357 e. The van der Waals surface area contributed by atoms with Crippen LogP contribution >= 0.6 is 11.3 Å². The SMILES string of the molecule is CCNC(=NCc1ccsc1)N(C)Cc1ccccc1. The Bertz CT molecular complexity index is 520. The molecule has 1 aromatic carbocycles. The van der Waals surface area contributed by atoms with E-state index in [1.54, 1.807) is 11.3 Å². The number of hydrogen-bond donors (Lipinski definition) is 1. The second-order valence-electron chi connectivity index (χ2n) is 4.64. The van der Waals surface area contributed by atoms with Crippen LogP contribution < -0.4 is 5.32 Å². The third kappa shape index (κ3) is 4.38. The number of benzene rings is 1. The first kappa shape index (κ1) is 14.6. The molecular formula is C16H21N3S. The van der Waals surface area contributed by atoms with Gasteiger partial charge in [0.25, 0.3) is 0 Å². The topological polar surface area (TPSA) is 27.6 Å². The second-order valence-corrected chi connectivity index (χ2v) is 5.42. The number of nitrogens with one attached hydrogen (secondary N) is 1. The summed E-state index contributed by atoms with van der Waals surface area (Å²) in [6, 6.07) is 12.6. The van der Waals surface area contributed by atoms with E-state index in [9.17, 15) is 0 Å². The van der Waals surface area contributed by atoms with Gasteiger partial charge >= 0.3 is 0 Å². The van der Waals surface area contributed by atoms with Crippen molar-refractivity contribution in [1.29, 1.82) is 0 Å². The lowest BCUT2D eigenvalue weighted by Gasteiger charge is -2.22. The Morgan fingerprint density at radius 2 is 2.00 bits per heavy atom. The molecule has 20 heavy (non-hydrogen) atoms. The monoisotopic (exact) mass is 287 g/mol. The third-order valence-electron chi connectivity index (χ3n) is 2.95. The molecule has 0 unspecified atom stereocenters. The van der Waals surface area contributed by atoms with E-state index in [1.807, 2.05) is 6.07 Å². The number of hydrogen-bond acceptors (Lipinski definition) is 2. The fourth-order valence-corrected chi connectivity index (χ4v) is 2.61. The van der Waals surface area contributed by atoms with Gasteiger partial charge in [0.1, 0.15) is 0 Å². The predicted molar refractivity (Wildman–Crippen MR) is 87.0 cm³/mol. The van der Waals surface area contributed by atoms with Crippen LogP contribution in [0.1, 0.15) is 18.1 Å². The van der Waals surface area contributed by atoms with Crippen molar-refractivity contribution in [1.82, 2.24) is 10.2 Å². The van der Waals surface area contributed by atoms with Crippen molar-refractivity contribution in [3.05, 3.63) is 58.3 Å². The Labute approximate surface area is 125 Å². The molecule has 0 atom stereocenters. The van der Waals surface area contributed by atoms with Crippen molar-refractivity contribution in [3.63, 3.8) is 0 Å². The molecule has 0 aliphatic heterocycles. The summed E-state index contributed by atoms with van der Waals surface area (Å²) in [5, 5.41) is 7.58. The number of aliphatic imine (C=N–C) groups is 1. The molecular weight excluding hydrogens is 266 g/mol. The summed E-state index contributed by atoms with van der Waals surface area (Å²) >= 11 is 1.71. The Kier molecular flexibility index (Phi) is 5.62. The molecule has 0 fully saturated rings. The Balaban J connectivity index is 2.01. The summed E-state index contributed by atoms with van der Waals surface area (Å²) in [4.78, 5) is 6.85. The van der Waals surface area contributed by atoms with E-state index in [4.69, 9.17) is 4.99 Å². The molecule has 0 saturated carbocycles. The lowest BCUT2D eigenvalue weighted by molar-refractivity contribution is 0.477. The molecule has 2 aromatic rings. The molecule has 0 radical (unpaired) electrons. The predicted octanol–water partition coefficient (Wildman–Crippen LogP) is 3.35. The highest BCUT2D eigenvalue weighted by Gasteiger charge is 2.06. The zero-order chi connectivity index (χ0) is 14.2. The van der Waals surface area contributed by atoms with Crippen LogP contribution in [-0.4, -0.2) is 24.5 Å². The Hall–Kier alpha value is -1.81. The minimum absolute atomic E-state index is 0.727. The maximum atomic E-state index is 4.69. The van der Waals surface area contributed by atoms with E-state index < -0.39 is 0 Å². The zero-order valence-electron chi connectivity index (χ0n) is 12.0. The Morgan fingerprint density at radius 3 is 2.65 bits per heavy atom. The van der Waals surface area contributed by atoms with E-state index >= 15 is 0 Å². The number of nitrogens with zero attached hydrogens (tertiary/aromatic N) is 2. The van der Waals surface area contributed by atoms with Gasteiger partial charge in [0, 0.05) is 20.1 Å². The zero-order valence-corrected chi connectivity index (χ0v) is 12.9. The van der Waals surface area contributed by atoms with Crippen molar-refractivity contribution in [2.45, 2.75) is 20.0 Å². The number of thiophene rings is 1. The molecule has 0 aliphatic carbocycles. The van der Waals surface area contributed by atoms with Gasteiger partial charge in [-0.05, 0) is 34.9 Å². The summed E-state index contributed by atoms with van der Waals surface area (Å²) in [7, 11) is 2.07. The first-order chi connectivity index (χ1) is 9.79. The fraction of sp³-hybridized carbons (Fsp3) is 0.312. The van der Waals surface area contributed by atoms with Crippen LogP contribution in [0.2, 0.25) is 0 Å². The van der Waals surface area contributed by atoms with Gasteiger partial charge < -0.3 is 10.2 Å². The number of guanidine groups is 1. The van der Waals surface area contributed by atoms with Crippen molar-refractivity contribution >= 4 is 17.3 Å². The van der Waals surface area contributed by atoms with Gasteiger partial charge in [-0.25, -0.2) is 4.99 Å². The van der Waals surface area contributed by atoms with Crippen LogP contribution in [0.5, 0.6) is 0 Å². The lowest BCUT2D eigenvalue weighted by atomic mass is 10.2. The summed E-state index contributed by atoms with van der Waals surface area (Å²) in [5.74, 6) is 0.947. The molecule has 0 aliphatic rings. The van der Waals surface area contributed by atoms with Crippen LogP contribution in [0.25, 0.3) is 0 Å². The van der Waals surface area contributed by atoms with Crippen molar-refractivity contribution in [2.75, 3.05) is 13.6 Å². The van der Waals surface area contributed by atoms with Gasteiger partial charge in [-0.1, -0.05) is 30.3 Å². The van der Waals surface area contributed by atoms with Gasteiger partial charge in [-0.2, -0.15) is 11.3 Å². The number of rotatable bonds is 5. The highest BCUT2D eigenvalue weighted by Crippen LogP contribution is 2.08. The Morgan fingerprint density at radius 1 is 1.20 bits per heavy atom. The first-order valence-corrected chi connectivity index (χ1v) is 7.78. The molecule has 1 N–H and O–H groups in total. The summed E-state index contributed by atoms with van der Waals surface area (Å²) in [5.41, 5.74) is 2.55. The lowest BCUT2D eigenvalue weighted by Crippen LogP contribution is -2.38. The van der Waals surface area contributed by atoms with E-state index in [1.165, 1.54) is 11.1 Å². The second kappa shape index (κ2) is 7.70. The van der Waals surface area contributed by atoms with Crippen LogP contribution in [0.15, 0.2) is 52.2 Å². The maximum Gasteiger partial charge on any atom is 0.194 e. The van der Waals surface area contributed by atoms with E-state index in [0.29, 0.717) is 0 Å². The third-order valence-corrected chi connectivity index (χ3v) is 3.68. The van der Waals surface area contributed by atoms with Gasteiger partial charge in [-0.15, -0.1) is 0 Å². The molecule has 0 amide bonds. The quantitative estimate of drug-likeness (QED) is 0.674. The van der Waals surface area contributed by atoms with Crippen molar-refractivity contribution < 1.29 is 0 Å². The maximum absolute atomic E-state index is 4.69. The van der Waals surface area contributed by atoms with Crippen LogP contribution in [0.3, 0.4) is 0 Å². The molecule has 0 bridgehead atoms. The molecule has 1 aromatic heterocycles. The molecule has 106 valence electrons. The first-order valence-electron chi connectivity index (χ1n) is 6.84. The van der Waals surface area contributed by atoms with E-state index in [0.717, 1.165) is 25.6 Å². The standard InChI is InChI=1S/C16H21N3S/c1-3-17-16(18-11-15-9-10-20-13-15)19(2)12-14-7-5-4-6-8-14/h4-10,13H,3,11-12H2,1-2H3,(H,17,18). The van der Waals surface area contributed by atoms with Gasteiger partial charge in [-0.3, -0.25) is 0 Å². The highest BCUT2D eigenvalue weighted by molar-refractivity contribution is 7.07. The van der Waals surface area contributed by atoms with Crippen LogP contribution in [0, 0.1) is 0 Å². The van der Waals surface area contributed by atoms with Crippen LogP contribution in [0.4, 0.5) is 0 Å². The average Bonchev–Trinajstić information content (AvgIpc) is 2.97. The largest absolute Gasteiger partial charge is 0.357 e. The van der Waals surface area contributed by atoms with Gasteiger partial charge in [0.15, 0.2) is 5.96 Å². The highest BCUT2D eigenvalue weighted by atomic mass is 32.1.